The van der Waals surface area contributed by atoms with Gasteiger partial charge in [-0.1, -0.05) is 6.07 Å². The molecule has 0 bridgehead atoms. The molecule has 0 saturated heterocycles. The zero-order valence-electron chi connectivity index (χ0n) is 9.24. The second-order valence-corrected chi connectivity index (χ2v) is 4.69. The molecule has 0 aliphatic rings. The summed E-state index contributed by atoms with van der Waals surface area (Å²) in [6.07, 6.45) is 0. The molecule has 18 heavy (non-hydrogen) atoms. The molecule has 9 heteroatoms. The van der Waals surface area contributed by atoms with Gasteiger partial charge in [-0.3, -0.25) is 14.6 Å². The molecule has 0 heterocycles. The van der Waals surface area contributed by atoms with Crippen molar-refractivity contribution < 1.29 is 27.4 Å². The van der Waals surface area contributed by atoms with E-state index in [1.54, 1.807) is 0 Å². The van der Waals surface area contributed by atoms with Gasteiger partial charge in [0.2, 0.25) is 0 Å². The van der Waals surface area contributed by atoms with Gasteiger partial charge in [-0.25, -0.2) is 14.2 Å². The Balaban J connectivity index is 3.27. The van der Waals surface area contributed by atoms with Crippen LogP contribution in [0.1, 0.15) is 6.92 Å². The molecule has 0 saturated carbocycles. The van der Waals surface area contributed by atoms with Gasteiger partial charge in [0.15, 0.2) is 0 Å². The molecule has 1 aromatic carbocycles. The maximum absolute atomic E-state index is 13.0. The lowest BCUT2D eigenvalue weighted by atomic mass is 10.2. The first-order valence-corrected chi connectivity index (χ1v) is 6.13. The summed E-state index contributed by atoms with van der Waals surface area (Å²) in [5.74, 6) is -1.81. The van der Waals surface area contributed by atoms with Crippen molar-refractivity contribution in [1.82, 2.24) is 5.48 Å². The van der Waals surface area contributed by atoms with Gasteiger partial charge in [-0.05, 0) is 25.1 Å². The van der Waals surface area contributed by atoms with E-state index in [-0.39, 0.29) is 9.99 Å². The van der Waals surface area contributed by atoms with E-state index >= 15 is 0 Å². The molecule has 0 fully saturated rings. The highest BCUT2D eigenvalue weighted by atomic mass is 32.2. The quantitative estimate of drug-likeness (QED) is 0.418. The molecule has 0 aliphatic heterocycles. The first-order chi connectivity index (χ1) is 8.27. The molecule has 1 atom stereocenters. The molecule has 0 spiro atoms. The number of carbonyl (C=O) groups is 1. The molecule has 100 valence electrons. The summed E-state index contributed by atoms with van der Waals surface area (Å²) in [6, 6.07) is 2.86. The molecule has 1 amide bonds. The average Bonchev–Trinajstić information content (AvgIpc) is 2.26. The molecule has 0 aromatic heterocycles. The SMILES string of the molecule is CC(C(=O)NO)N(c1cccc(F)c1)S(=O)(=O)O. The number of halogens is 1. The van der Waals surface area contributed by atoms with Gasteiger partial charge in [0.25, 0.3) is 5.91 Å². The molecule has 7 nitrogen and oxygen atoms in total. The Labute approximate surface area is 103 Å². The Morgan fingerprint density at radius 2 is 2.11 bits per heavy atom. The van der Waals surface area contributed by atoms with Crippen LogP contribution in [0.2, 0.25) is 0 Å². The monoisotopic (exact) mass is 278 g/mol. The van der Waals surface area contributed by atoms with Gasteiger partial charge in [0, 0.05) is 0 Å². The fraction of sp³-hybridized carbons (Fsp3) is 0.222. The highest BCUT2D eigenvalue weighted by molar-refractivity contribution is 7.87. The summed E-state index contributed by atoms with van der Waals surface area (Å²) in [7, 11) is -4.79. The highest BCUT2D eigenvalue weighted by Gasteiger charge is 2.30. The van der Waals surface area contributed by atoms with Crippen molar-refractivity contribution in [2.45, 2.75) is 13.0 Å². The Hall–Kier alpha value is -1.71. The minimum Gasteiger partial charge on any atom is -0.289 e. The van der Waals surface area contributed by atoms with Crippen molar-refractivity contribution in [1.29, 1.82) is 0 Å². The van der Waals surface area contributed by atoms with Crippen LogP contribution < -0.4 is 9.79 Å². The minimum absolute atomic E-state index is 0.242. The van der Waals surface area contributed by atoms with Gasteiger partial charge in [-0.2, -0.15) is 8.42 Å². The van der Waals surface area contributed by atoms with E-state index in [4.69, 9.17) is 9.76 Å². The molecule has 1 rings (SSSR count). The van der Waals surface area contributed by atoms with Crippen molar-refractivity contribution in [2.75, 3.05) is 4.31 Å². The van der Waals surface area contributed by atoms with Crippen LogP contribution in [0.4, 0.5) is 10.1 Å². The number of rotatable bonds is 4. The van der Waals surface area contributed by atoms with Crippen molar-refractivity contribution in [3.8, 4) is 0 Å². The molecule has 1 aromatic rings. The average molecular weight is 278 g/mol. The highest BCUT2D eigenvalue weighted by Crippen LogP contribution is 2.21. The van der Waals surface area contributed by atoms with E-state index < -0.39 is 28.1 Å². The number of amides is 1. The second-order valence-electron chi connectivity index (χ2n) is 3.41. The van der Waals surface area contributed by atoms with Crippen molar-refractivity contribution in [2.24, 2.45) is 0 Å². The molecule has 0 radical (unpaired) electrons. The third-order valence-electron chi connectivity index (χ3n) is 2.15. The normalized spacial score (nSPS) is 12.9. The topological polar surface area (TPSA) is 107 Å². The fourth-order valence-corrected chi connectivity index (χ4v) is 2.25. The number of nitrogens with zero attached hydrogens (tertiary/aromatic N) is 1. The van der Waals surface area contributed by atoms with E-state index in [9.17, 15) is 17.6 Å². The molecule has 1 unspecified atom stereocenters. The molecule has 0 aliphatic carbocycles. The van der Waals surface area contributed by atoms with Gasteiger partial charge < -0.3 is 0 Å². The summed E-state index contributed by atoms with van der Waals surface area (Å²) in [5.41, 5.74) is 1.01. The van der Waals surface area contributed by atoms with Gasteiger partial charge in [0.1, 0.15) is 11.9 Å². The lowest BCUT2D eigenvalue weighted by Crippen LogP contribution is -2.47. The number of anilines is 1. The predicted octanol–water partition coefficient (Wildman–Crippen LogP) is 0.329. The summed E-state index contributed by atoms with van der Waals surface area (Å²) >= 11 is 0. The number of hydrogen-bond acceptors (Lipinski definition) is 4. The zero-order chi connectivity index (χ0) is 13.9. The first kappa shape index (κ1) is 14.4. The third kappa shape index (κ3) is 3.15. The van der Waals surface area contributed by atoms with Crippen LogP contribution in [0.25, 0.3) is 0 Å². The molecular formula is C9H11FN2O5S. The fourth-order valence-electron chi connectivity index (χ4n) is 1.37. The lowest BCUT2D eigenvalue weighted by Gasteiger charge is -2.25. The Morgan fingerprint density at radius 1 is 1.50 bits per heavy atom. The summed E-state index contributed by atoms with van der Waals surface area (Å²) < 4.78 is 44.7. The van der Waals surface area contributed by atoms with Crippen LogP contribution in [0.15, 0.2) is 24.3 Å². The van der Waals surface area contributed by atoms with Crippen molar-refractivity contribution in [3.63, 3.8) is 0 Å². The van der Waals surface area contributed by atoms with E-state index in [0.29, 0.717) is 0 Å². The van der Waals surface area contributed by atoms with E-state index in [2.05, 4.69) is 0 Å². The van der Waals surface area contributed by atoms with Crippen LogP contribution >= 0.6 is 0 Å². The first-order valence-electron chi connectivity index (χ1n) is 4.73. The van der Waals surface area contributed by atoms with Crippen LogP contribution in [0.5, 0.6) is 0 Å². The van der Waals surface area contributed by atoms with E-state index in [1.165, 1.54) is 17.6 Å². The van der Waals surface area contributed by atoms with Gasteiger partial charge in [0.05, 0.1) is 5.69 Å². The Bertz CT molecular complexity index is 548. The lowest BCUT2D eigenvalue weighted by molar-refractivity contribution is -0.130. The van der Waals surface area contributed by atoms with E-state index in [1.807, 2.05) is 0 Å². The standard InChI is InChI=1S/C9H11FN2O5S/c1-6(9(13)11-14)12(18(15,16)17)8-4-2-3-7(10)5-8/h2-6,14H,1H3,(H,11,13)(H,15,16,17). The van der Waals surface area contributed by atoms with E-state index in [0.717, 1.165) is 19.1 Å². The van der Waals surface area contributed by atoms with Gasteiger partial charge >= 0.3 is 10.3 Å². The van der Waals surface area contributed by atoms with Crippen LogP contribution in [-0.4, -0.2) is 30.1 Å². The van der Waals surface area contributed by atoms with Gasteiger partial charge in [-0.15, -0.1) is 0 Å². The zero-order valence-corrected chi connectivity index (χ0v) is 10.1. The molecule has 3 N–H and O–H groups in total. The van der Waals surface area contributed by atoms with Crippen molar-refractivity contribution in [3.05, 3.63) is 30.1 Å². The maximum Gasteiger partial charge on any atom is 0.360 e. The molecular weight excluding hydrogens is 267 g/mol. The Kier molecular flexibility index (Phi) is 4.22. The summed E-state index contributed by atoms with van der Waals surface area (Å²) in [5, 5.41) is 8.44. The van der Waals surface area contributed by atoms with Crippen LogP contribution in [0, 0.1) is 5.82 Å². The minimum atomic E-state index is -4.79. The number of hydroxylamine groups is 1. The van der Waals surface area contributed by atoms with Crippen molar-refractivity contribution >= 4 is 21.9 Å². The third-order valence-corrected chi connectivity index (χ3v) is 3.18. The smallest absolute Gasteiger partial charge is 0.289 e. The van der Waals surface area contributed by atoms with Crippen LogP contribution in [-0.2, 0) is 15.1 Å². The number of nitrogens with one attached hydrogen (secondary N) is 1. The summed E-state index contributed by atoms with van der Waals surface area (Å²) in [4.78, 5) is 11.2. The number of hydrogen-bond donors (Lipinski definition) is 3. The van der Waals surface area contributed by atoms with Crippen LogP contribution in [0.3, 0.4) is 0 Å². The second kappa shape index (κ2) is 5.29. The summed E-state index contributed by atoms with van der Waals surface area (Å²) in [6.45, 7) is 1.12. The largest absolute Gasteiger partial charge is 0.360 e. The Morgan fingerprint density at radius 3 is 2.56 bits per heavy atom. The predicted molar refractivity (Wildman–Crippen MR) is 59.8 cm³/mol. The number of carbonyl (C=O) groups excluding carboxylic acids is 1. The number of benzene rings is 1. The maximum atomic E-state index is 13.0.